The Labute approximate surface area is 241 Å². The van der Waals surface area contributed by atoms with Gasteiger partial charge in [-0.1, -0.05) is 12.1 Å². The second kappa shape index (κ2) is 12.0. The van der Waals surface area contributed by atoms with Gasteiger partial charge in [0.15, 0.2) is 40.2 Å². The minimum absolute atomic E-state index is 0.0456. The van der Waals surface area contributed by atoms with E-state index in [2.05, 4.69) is 9.97 Å². The number of ether oxygens (including phenoxy) is 2. The van der Waals surface area contributed by atoms with Gasteiger partial charge in [0.2, 0.25) is 0 Å². The molecule has 0 bridgehead atoms. The van der Waals surface area contributed by atoms with Crippen molar-refractivity contribution in [3.63, 3.8) is 0 Å². The van der Waals surface area contributed by atoms with Crippen LogP contribution in [0.15, 0.2) is 71.9 Å². The minimum atomic E-state index is -2.83. The number of rotatable bonds is 9. The molecule has 0 radical (unpaired) electrons. The summed E-state index contributed by atoms with van der Waals surface area (Å²) in [4.78, 5) is 35.2. The minimum Gasteiger partial charge on any atom is -0.495 e. The number of hydrogen-bond acceptors (Lipinski definition) is 6. The molecule has 0 amide bonds. The topological polar surface area (TPSA) is 83.3 Å². The van der Waals surface area contributed by atoms with E-state index in [9.17, 15) is 27.2 Å². The van der Waals surface area contributed by atoms with E-state index in [0.29, 0.717) is 16.8 Å². The van der Waals surface area contributed by atoms with Crippen LogP contribution in [0.1, 0.15) is 21.6 Å². The van der Waals surface area contributed by atoms with Crippen LogP contribution < -0.4 is 14.9 Å². The van der Waals surface area contributed by atoms with Gasteiger partial charge in [0.05, 0.1) is 30.9 Å². The van der Waals surface area contributed by atoms with Crippen LogP contribution in [0.5, 0.6) is 17.2 Å². The lowest BCUT2D eigenvalue weighted by Gasteiger charge is -2.17. The number of hydrogen-bond donors (Lipinski definition) is 0. The molecule has 7 nitrogen and oxygen atoms in total. The molecule has 2 aromatic carbocycles. The van der Waals surface area contributed by atoms with Crippen molar-refractivity contribution < 1.29 is 36.2 Å². The fourth-order valence-corrected chi connectivity index (χ4v) is 4.60. The number of pyridine rings is 3. The largest absolute Gasteiger partial charge is 0.495 e. The second-order valence-corrected chi connectivity index (χ2v) is 9.52. The van der Waals surface area contributed by atoms with Crippen molar-refractivity contribution in [1.82, 2.24) is 14.5 Å². The van der Waals surface area contributed by atoms with Crippen molar-refractivity contribution >= 4 is 16.8 Å². The van der Waals surface area contributed by atoms with E-state index in [1.165, 1.54) is 44.6 Å². The number of aromatic nitrogens is 3. The first-order valence-corrected chi connectivity index (χ1v) is 12.8. The highest BCUT2D eigenvalue weighted by Gasteiger charge is 2.23. The summed E-state index contributed by atoms with van der Waals surface area (Å²) in [6.45, 7) is 0.473. The first kappa shape index (κ1) is 29.4. The van der Waals surface area contributed by atoms with E-state index in [-0.39, 0.29) is 33.9 Å². The third-order valence-electron chi connectivity index (χ3n) is 6.73. The number of carbonyl (C=O) groups excluding carboxylic acids is 1. The number of methoxy groups -OCH3 is 1. The third kappa shape index (κ3) is 6.08. The molecule has 0 unspecified atom stereocenters. The number of ketones is 1. The molecule has 12 heteroatoms. The average Bonchev–Trinajstić information content (AvgIpc) is 2.97. The van der Waals surface area contributed by atoms with Crippen molar-refractivity contribution in [2.24, 2.45) is 0 Å². The quantitative estimate of drug-likeness (QED) is 0.140. The van der Waals surface area contributed by atoms with Gasteiger partial charge in [-0.25, -0.2) is 26.9 Å². The van der Waals surface area contributed by atoms with Gasteiger partial charge in [-0.3, -0.25) is 14.6 Å². The number of halogens is 5. The summed E-state index contributed by atoms with van der Waals surface area (Å²) in [5, 5.41) is 0. The van der Waals surface area contributed by atoms with E-state index in [1.807, 2.05) is 0 Å². The second-order valence-electron chi connectivity index (χ2n) is 9.52. The molecule has 5 aromatic rings. The van der Waals surface area contributed by atoms with Gasteiger partial charge in [0.1, 0.15) is 11.3 Å². The number of fused-ring (bicyclic) bond motifs is 1. The number of benzene rings is 2. The Hall–Kier alpha value is -5.13. The fraction of sp³-hybridized carbons (Fsp3) is 0.161. The summed E-state index contributed by atoms with van der Waals surface area (Å²) in [5.74, 6) is -3.48. The van der Waals surface area contributed by atoms with Crippen LogP contribution in [0.4, 0.5) is 22.0 Å². The molecule has 0 N–H and O–H groups in total. The normalized spacial score (nSPS) is 11.3. The molecular formula is C31H22F5N3O4. The van der Waals surface area contributed by atoms with Gasteiger partial charge < -0.3 is 14.0 Å². The molecule has 0 aliphatic rings. The number of nitrogens with zero attached hydrogens (tertiary/aromatic N) is 3. The molecule has 220 valence electrons. The van der Waals surface area contributed by atoms with E-state index in [1.54, 1.807) is 6.07 Å². The van der Waals surface area contributed by atoms with Gasteiger partial charge in [0, 0.05) is 42.2 Å². The Morgan fingerprint density at radius 3 is 2.44 bits per heavy atom. The zero-order chi connectivity index (χ0) is 30.8. The summed E-state index contributed by atoms with van der Waals surface area (Å²) in [5.41, 5.74) is -0.687. The highest BCUT2D eigenvalue weighted by atomic mass is 19.3. The van der Waals surface area contributed by atoms with Gasteiger partial charge in [-0.2, -0.15) is 0 Å². The number of alkyl halides is 2. The smallest absolute Gasteiger partial charge is 0.256 e. The molecular weight excluding hydrogens is 573 g/mol. The predicted octanol–water partition coefficient (Wildman–Crippen LogP) is 6.68. The van der Waals surface area contributed by atoms with Crippen LogP contribution in [0.25, 0.3) is 22.2 Å². The lowest BCUT2D eigenvalue weighted by Crippen LogP contribution is -2.26. The standard InChI is InChI=1S/C31H22F5N3O4/c1-16-29(31(41)20(14-39(16)15-28(35)36)18-4-5-21(32)22(33)11-18)25(40)10-17-3-6-26(23(34)9-17)43-27-7-8-37-24-12-19(42-2)13-38-30(24)27/h3-9,11-14,28H,10,15H2,1-2H3. The Morgan fingerprint density at radius 1 is 0.953 bits per heavy atom. The molecule has 5 rings (SSSR count). The molecule has 3 heterocycles. The monoisotopic (exact) mass is 595 g/mol. The van der Waals surface area contributed by atoms with Crippen molar-refractivity contribution in [2.75, 3.05) is 7.11 Å². The number of Topliss-reactive ketones (excluding diaryl/α,β-unsaturated/α-hetero) is 1. The van der Waals surface area contributed by atoms with Crippen molar-refractivity contribution in [3.8, 4) is 28.4 Å². The lowest BCUT2D eigenvalue weighted by molar-refractivity contribution is 0.0986. The van der Waals surface area contributed by atoms with Crippen molar-refractivity contribution in [3.05, 3.63) is 112 Å². The van der Waals surface area contributed by atoms with Gasteiger partial charge in [-0.05, 0) is 42.3 Å². The maximum absolute atomic E-state index is 15.1. The van der Waals surface area contributed by atoms with Crippen LogP contribution in [-0.2, 0) is 13.0 Å². The number of carbonyl (C=O) groups is 1. The molecule has 0 fully saturated rings. The molecule has 0 aliphatic heterocycles. The molecule has 0 saturated carbocycles. The van der Waals surface area contributed by atoms with Crippen LogP contribution in [-0.4, -0.2) is 33.9 Å². The van der Waals surface area contributed by atoms with Crippen LogP contribution in [0.3, 0.4) is 0 Å². The van der Waals surface area contributed by atoms with Crippen LogP contribution >= 0.6 is 0 Å². The Kier molecular flexibility index (Phi) is 8.20. The molecule has 0 aliphatic carbocycles. The summed E-state index contributed by atoms with van der Waals surface area (Å²) in [6.07, 6.45) is 0.704. The first-order valence-electron chi connectivity index (χ1n) is 12.8. The van der Waals surface area contributed by atoms with Crippen LogP contribution in [0, 0.1) is 24.4 Å². The van der Waals surface area contributed by atoms with Crippen molar-refractivity contribution in [2.45, 2.75) is 26.3 Å². The zero-order valence-corrected chi connectivity index (χ0v) is 22.7. The Bertz CT molecular complexity index is 1930. The first-order chi connectivity index (χ1) is 20.5. The fourth-order valence-electron chi connectivity index (χ4n) is 4.60. The summed E-state index contributed by atoms with van der Waals surface area (Å²) < 4.78 is 81.1. The highest BCUT2D eigenvalue weighted by molar-refractivity contribution is 5.99. The van der Waals surface area contributed by atoms with E-state index < -0.39 is 53.6 Å². The molecule has 43 heavy (non-hydrogen) atoms. The molecule has 0 saturated heterocycles. The predicted molar refractivity (Wildman–Crippen MR) is 147 cm³/mol. The Balaban J connectivity index is 1.46. The molecule has 0 spiro atoms. The maximum Gasteiger partial charge on any atom is 0.256 e. The van der Waals surface area contributed by atoms with E-state index >= 15 is 4.39 Å². The van der Waals surface area contributed by atoms with Gasteiger partial charge >= 0.3 is 0 Å². The summed E-state index contributed by atoms with van der Waals surface area (Å²) in [7, 11) is 1.48. The Morgan fingerprint density at radius 2 is 1.74 bits per heavy atom. The maximum atomic E-state index is 15.1. The highest BCUT2D eigenvalue weighted by Crippen LogP contribution is 2.31. The lowest BCUT2D eigenvalue weighted by atomic mass is 9.97. The third-order valence-corrected chi connectivity index (χ3v) is 6.73. The van der Waals surface area contributed by atoms with Crippen molar-refractivity contribution in [1.29, 1.82) is 0 Å². The average molecular weight is 596 g/mol. The van der Waals surface area contributed by atoms with Gasteiger partial charge in [-0.15, -0.1) is 0 Å². The van der Waals surface area contributed by atoms with Crippen LogP contribution in [0.2, 0.25) is 0 Å². The summed E-state index contributed by atoms with van der Waals surface area (Å²) >= 11 is 0. The summed E-state index contributed by atoms with van der Waals surface area (Å²) in [6, 6.07) is 9.56. The molecule has 3 aromatic heterocycles. The molecule has 0 atom stereocenters. The van der Waals surface area contributed by atoms with E-state index in [4.69, 9.17) is 9.47 Å². The zero-order valence-electron chi connectivity index (χ0n) is 22.7. The van der Waals surface area contributed by atoms with E-state index in [0.717, 1.165) is 35.0 Å². The SMILES string of the molecule is COc1cnc2c(Oc3ccc(CC(=O)c4c(C)n(CC(F)F)cc(-c5ccc(F)c(F)c5)c4=O)cc3F)ccnc2c1. The van der Waals surface area contributed by atoms with Gasteiger partial charge in [0.25, 0.3) is 6.43 Å².